The minimum Gasteiger partial charge on any atom is -0.623 e. The van der Waals surface area contributed by atoms with Crippen LogP contribution in [0.5, 0.6) is 0 Å². The number of hydroxylamine groups is 1. The van der Waals surface area contributed by atoms with Crippen LogP contribution in [0.15, 0.2) is 30.3 Å². The Morgan fingerprint density at radius 2 is 2.11 bits per heavy atom. The highest BCUT2D eigenvalue weighted by Crippen LogP contribution is 2.01. The first kappa shape index (κ1) is 14.8. The summed E-state index contributed by atoms with van der Waals surface area (Å²) >= 11 is 0. The summed E-state index contributed by atoms with van der Waals surface area (Å²) in [5.74, 6) is 1.86. The van der Waals surface area contributed by atoms with E-state index in [1.54, 1.807) is 0 Å². The molecule has 0 saturated carbocycles. The predicted octanol–water partition coefficient (Wildman–Crippen LogP) is 2.11. The Morgan fingerprint density at radius 1 is 1.42 bits per heavy atom. The molecule has 4 heteroatoms. The number of benzene rings is 1. The molecule has 0 atom stereocenters. The summed E-state index contributed by atoms with van der Waals surface area (Å²) in [6.45, 7) is 1.82. The van der Waals surface area contributed by atoms with Crippen molar-refractivity contribution in [3.05, 3.63) is 41.1 Å². The average molecular weight is 259 g/mol. The number of terminal acetylenes is 1. The first-order valence-corrected chi connectivity index (χ1v) is 6.08. The van der Waals surface area contributed by atoms with Gasteiger partial charge in [0.05, 0.1) is 6.61 Å². The molecule has 1 rings (SSSR count). The predicted molar refractivity (Wildman–Crippen MR) is 73.5 cm³/mol. The van der Waals surface area contributed by atoms with Crippen LogP contribution in [0.2, 0.25) is 0 Å². The molecule has 0 unspecified atom stereocenters. The van der Waals surface area contributed by atoms with Gasteiger partial charge in [-0.05, 0) is 6.42 Å². The normalized spacial score (nSPS) is 11.4. The lowest BCUT2D eigenvalue weighted by Crippen LogP contribution is -2.24. The van der Waals surface area contributed by atoms with Crippen LogP contribution in [0.25, 0.3) is 0 Å². The molecule has 0 spiro atoms. The van der Waals surface area contributed by atoms with Crippen LogP contribution in [-0.4, -0.2) is 23.0 Å². The van der Waals surface area contributed by atoms with Crippen LogP contribution in [0.1, 0.15) is 25.3 Å². The maximum absolute atomic E-state index is 11.8. The third-order valence-corrected chi connectivity index (χ3v) is 2.54. The molecule has 1 aromatic rings. The summed E-state index contributed by atoms with van der Waals surface area (Å²) in [7, 11) is 0. The lowest BCUT2D eigenvalue weighted by Gasteiger charge is -2.08. The zero-order chi connectivity index (χ0) is 14.1. The number of nitrogens with zero attached hydrogens (tertiary/aromatic N) is 1. The molecule has 0 aliphatic carbocycles. The van der Waals surface area contributed by atoms with E-state index in [1.807, 2.05) is 30.3 Å². The van der Waals surface area contributed by atoms with Crippen molar-refractivity contribution in [3.8, 4) is 12.3 Å². The van der Waals surface area contributed by atoms with Gasteiger partial charge < -0.3 is 9.94 Å². The van der Waals surface area contributed by atoms with Crippen molar-refractivity contribution in [3.63, 3.8) is 0 Å². The topological polar surface area (TPSA) is 52.4 Å². The van der Waals surface area contributed by atoms with E-state index in [4.69, 9.17) is 11.2 Å². The molecule has 0 heterocycles. The van der Waals surface area contributed by atoms with Crippen LogP contribution >= 0.6 is 0 Å². The SMILES string of the molecule is C#CCCCOC(=O)/C(C)=[N+](\[O-])Cc1ccccc1. The van der Waals surface area contributed by atoms with Crippen molar-refractivity contribution < 1.29 is 14.3 Å². The molecule has 0 N–H and O–H groups in total. The number of unbranched alkanes of at least 4 members (excludes halogenated alkanes) is 1. The Bertz CT molecular complexity index is 486. The molecular formula is C15H17NO3. The van der Waals surface area contributed by atoms with E-state index in [0.717, 1.165) is 5.56 Å². The second-order valence-corrected chi connectivity index (χ2v) is 4.05. The Labute approximate surface area is 113 Å². The van der Waals surface area contributed by atoms with E-state index in [2.05, 4.69) is 5.92 Å². The summed E-state index contributed by atoms with van der Waals surface area (Å²) in [5, 5.41) is 11.8. The summed E-state index contributed by atoms with van der Waals surface area (Å²) < 4.78 is 5.59. The first-order chi connectivity index (χ1) is 9.15. The van der Waals surface area contributed by atoms with E-state index in [1.165, 1.54) is 6.92 Å². The first-order valence-electron chi connectivity index (χ1n) is 6.08. The van der Waals surface area contributed by atoms with Gasteiger partial charge in [-0.3, -0.25) is 0 Å². The highest BCUT2D eigenvalue weighted by Gasteiger charge is 2.16. The second-order valence-electron chi connectivity index (χ2n) is 4.05. The van der Waals surface area contributed by atoms with Gasteiger partial charge in [0.1, 0.15) is 0 Å². The monoisotopic (exact) mass is 259 g/mol. The number of hydrogen-bond acceptors (Lipinski definition) is 3. The molecular weight excluding hydrogens is 242 g/mol. The lowest BCUT2D eigenvalue weighted by atomic mass is 10.2. The maximum atomic E-state index is 11.8. The van der Waals surface area contributed by atoms with Gasteiger partial charge in [0.15, 0.2) is 6.54 Å². The van der Waals surface area contributed by atoms with Gasteiger partial charge in [-0.2, -0.15) is 4.74 Å². The Kier molecular flexibility index (Phi) is 6.17. The fourth-order valence-electron chi connectivity index (χ4n) is 1.41. The average Bonchev–Trinajstić information content (AvgIpc) is 2.43. The second kappa shape index (κ2) is 7.93. The molecule has 19 heavy (non-hydrogen) atoms. The molecule has 0 fully saturated rings. The fraction of sp³-hybridized carbons (Fsp3) is 0.333. The third kappa shape index (κ3) is 5.26. The van der Waals surface area contributed by atoms with E-state index in [0.29, 0.717) is 17.6 Å². The molecule has 0 saturated heterocycles. The summed E-state index contributed by atoms with van der Waals surface area (Å²) in [6.07, 6.45) is 6.24. The molecule has 0 amide bonds. The molecule has 0 radical (unpaired) electrons. The largest absolute Gasteiger partial charge is 0.623 e. The van der Waals surface area contributed by atoms with Gasteiger partial charge in [0.25, 0.3) is 5.71 Å². The number of hydrogen-bond donors (Lipinski definition) is 0. The van der Waals surface area contributed by atoms with Gasteiger partial charge in [-0.15, -0.1) is 12.3 Å². The molecule has 0 bridgehead atoms. The van der Waals surface area contributed by atoms with Crippen molar-refractivity contribution in [2.75, 3.05) is 6.61 Å². The van der Waals surface area contributed by atoms with Crippen molar-refractivity contribution in [2.24, 2.45) is 0 Å². The van der Waals surface area contributed by atoms with Gasteiger partial charge >= 0.3 is 5.97 Å². The van der Waals surface area contributed by atoms with Gasteiger partial charge in [-0.25, -0.2) is 4.79 Å². The summed E-state index contributed by atoms with van der Waals surface area (Å²) in [6, 6.07) is 9.22. The Balaban J connectivity index is 2.53. The zero-order valence-electron chi connectivity index (χ0n) is 11.0. The number of carbonyl (C=O) groups is 1. The van der Waals surface area contributed by atoms with Crippen molar-refractivity contribution >= 4 is 11.7 Å². The van der Waals surface area contributed by atoms with Crippen LogP contribution in [0, 0.1) is 17.6 Å². The highest BCUT2D eigenvalue weighted by molar-refractivity contribution is 6.33. The minimum absolute atomic E-state index is 0.0459. The molecule has 1 aromatic carbocycles. The Morgan fingerprint density at radius 3 is 2.74 bits per heavy atom. The maximum Gasteiger partial charge on any atom is 0.399 e. The van der Waals surface area contributed by atoms with Crippen molar-refractivity contribution in [2.45, 2.75) is 26.3 Å². The Hall–Kier alpha value is -2.28. The molecule has 0 aliphatic rings. The number of rotatable bonds is 6. The van der Waals surface area contributed by atoms with Crippen molar-refractivity contribution in [1.82, 2.24) is 0 Å². The van der Waals surface area contributed by atoms with Gasteiger partial charge in [0, 0.05) is 18.9 Å². The molecule has 100 valence electrons. The standard InChI is InChI=1S/C15H17NO3/c1-3-4-8-11-19-15(17)13(2)16(18)12-14-9-6-5-7-10-14/h1,5-7,9-10H,4,8,11-12H2,2H3/b16-13-. The quantitative estimate of drug-likeness (QED) is 0.149. The molecule has 0 aliphatic heterocycles. The third-order valence-electron chi connectivity index (χ3n) is 2.54. The zero-order valence-corrected chi connectivity index (χ0v) is 11.0. The number of ether oxygens (including phenoxy) is 1. The van der Waals surface area contributed by atoms with E-state index < -0.39 is 5.97 Å². The molecule has 0 aromatic heterocycles. The van der Waals surface area contributed by atoms with Crippen molar-refractivity contribution in [1.29, 1.82) is 0 Å². The van der Waals surface area contributed by atoms with E-state index in [9.17, 15) is 10.0 Å². The minimum atomic E-state index is -0.594. The van der Waals surface area contributed by atoms with Crippen LogP contribution in [-0.2, 0) is 16.1 Å². The van der Waals surface area contributed by atoms with Crippen LogP contribution in [0.4, 0.5) is 0 Å². The van der Waals surface area contributed by atoms with Crippen LogP contribution < -0.4 is 0 Å². The van der Waals surface area contributed by atoms with E-state index >= 15 is 0 Å². The van der Waals surface area contributed by atoms with Gasteiger partial charge in [-0.1, -0.05) is 30.3 Å². The summed E-state index contributed by atoms with van der Waals surface area (Å²) in [5.41, 5.74) is 0.890. The molecule has 4 nitrogen and oxygen atoms in total. The smallest absolute Gasteiger partial charge is 0.399 e. The fourth-order valence-corrected chi connectivity index (χ4v) is 1.41. The number of esters is 1. The van der Waals surface area contributed by atoms with Gasteiger partial charge in [0.2, 0.25) is 0 Å². The number of carbonyl (C=O) groups excluding carboxylic acids is 1. The van der Waals surface area contributed by atoms with E-state index in [-0.39, 0.29) is 18.9 Å². The summed E-state index contributed by atoms with van der Waals surface area (Å²) in [4.78, 5) is 11.6. The van der Waals surface area contributed by atoms with Crippen LogP contribution in [0.3, 0.4) is 0 Å². The lowest BCUT2D eigenvalue weighted by molar-refractivity contribution is -0.474. The highest BCUT2D eigenvalue weighted by atomic mass is 16.5.